The normalized spacial score (nSPS) is 28.5. The van der Waals surface area contributed by atoms with Crippen LogP contribution in [0, 0.1) is 5.92 Å². The van der Waals surface area contributed by atoms with E-state index in [4.69, 9.17) is 4.74 Å². The average molecular weight is 300 g/mol. The summed E-state index contributed by atoms with van der Waals surface area (Å²) in [6.07, 6.45) is 9.39. The summed E-state index contributed by atoms with van der Waals surface area (Å²) in [4.78, 5) is 22.4. The lowest BCUT2D eigenvalue weighted by molar-refractivity contribution is 0.0101. The van der Waals surface area contributed by atoms with Gasteiger partial charge in [0.05, 0.1) is 6.54 Å². The number of nitrogens with zero attached hydrogens (tertiary/aromatic N) is 4. The lowest BCUT2D eigenvalue weighted by Gasteiger charge is -2.34. The molecule has 2 fully saturated rings. The van der Waals surface area contributed by atoms with Crippen molar-refractivity contribution in [1.29, 1.82) is 0 Å². The van der Waals surface area contributed by atoms with E-state index in [2.05, 4.69) is 16.9 Å². The maximum atomic E-state index is 12.3. The first-order valence-corrected chi connectivity index (χ1v) is 7.88. The standard InChI is InChI=1S/C16H20N4O2/c1-12-3-2-5-16(7-12)9-20(15(21)22-16)11-19-6-4-13-8-17-10-18-14(13)19/h4,6,8,10,12H,2-3,5,7,9,11H2,1H3/t12-,16?/m0/s1. The molecule has 6 nitrogen and oxygen atoms in total. The van der Waals surface area contributed by atoms with Crippen molar-refractivity contribution in [3.63, 3.8) is 0 Å². The fourth-order valence-corrected chi connectivity index (χ4v) is 3.88. The summed E-state index contributed by atoms with van der Waals surface area (Å²) >= 11 is 0. The second kappa shape index (κ2) is 4.97. The smallest absolute Gasteiger partial charge is 0.411 e. The molecule has 1 aliphatic carbocycles. The number of rotatable bonds is 2. The van der Waals surface area contributed by atoms with Crippen molar-refractivity contribution in [2.45, 2.75) is 44.9 Å². The fraction of sp³-hybridized carbons (Fsp3) is 0.562. The van der Waals surface area contributed by atoms with Gasteiger partial charge in [0.15, 0.2) is 0 Å². The molecule has 3 heterocycles. The van der Waals surface area contributed by atoms with Crippen molar-refractivity contribution in [3.8, 4) is 0 Å². The van der Waals surface area contributed by atoms with Crippen molar-refractivity contribution in [1.82, 2.24) is 19.4 Å². The minimum atomic E-state index is -0.271. The highest BCUT2D eigenvalue weighted by atomic mass is 16.6. The third-order valence-corrected chi connectivity index (χ3v) is 4.84. The molecule has 0 N–H and O–H groups in total. The van der Waals surface area contributed by atoms with Crippen molar-refractivity contribution >= 4 is 17.1 Å². The number of carbonyl (C=O) groups is 1. The van der Waals surface area contributed by atoms with Gasteiger partial charge < -0.3 is 9.30 Å². The Balaban J connectivity index is 1.55. The van der Waals surface area contributed by atoms with Crippen LogP contribution in [0.1, 0.15) is 32.6 Å². The maximum absolute atomic E-state index is 12.3. The molecule has 22 heavy (non-hydrogen) atoms. The Morgan fingerprint density at radius 2 is 2.41 bits per heavy atom. The third kappa shape index (κ3) is 2.23. The molecule has 2 atom stereocenters. The SMILES string of the molecule is C[C@H]1CCCC2(C1)CN(Cn1ccc3cncnc31)C(=O)O2. The summed E-state index contributed by atoms with van der Waals surface area (Å²) in [7, 11) is 0. The van der Waals surface area contributed by atoms with Gasteiger partial charge in [-0.3, -0.25) is 4.90 Å². The van der Waals surface area contributed by atoms with E-state index in [9.17, 15) is 4.79 Å². The summed E-state index contributed by atoms with van der Waals surface area (Å²) in [5.74, 6) is 0.627. The van der Waals surface area contributed by atoms with Gasteiger partial charge in [0.1, 0.15) is 24.2 Å². The first-order chi connectivity index (χ1) is 10.7. The Bertz CT molecular complexity index is 713. The van der Waals surface area contributed by atoms with Gasteiger partial charge in [0.2, 0.25) is 0 Å². The lowest BCUT2D eigenvalue weighted by Crippen LogP contribution is -2.39. The molecule has 1 amide bonds. The Labute approximate surface area is 129 Å². The zero-order chi connectivity index (χ0) is 15.2. The largest absolute Gasteiger partial charge is 0.441 e. The van der Waals surface area contributed by atoms with Gasteiger partial charge in [-0.15, -0.1) is 0 Å². The highest BCUT2D eigenvalue weighted by Crippen LogP contribution is 2.39. The highest BCUT2D eigenvalue weighted by molar-refractivity contribution is 5.75. The molecule has 4 rings (SSSR count). The fourth-order valence-electron chi connectivity index (χ4n) is 3.88. The van der Waals surface area contributed by atoms with E-state index >= 15 is 0 Å². The van der Waals surface area contributed by atoms with E-state index in [1.165, 1.54) is 12.7 Å². The van der Waals surface area contributed by atoms with Gasteiger partial charge in [-0.05, 0) is 31.2 Å². The third-order valence-electron chi connectivity index (χ3n) is 4.84. The number of carbonyl (C=O) groups excluding carboxylic acids is 1. The van der Waals surface area contributed by atoms with E-state index in [1.807, 2.05) is 16.8 Å². The first-order valence-electron chi connectivity index (χ1n) is 7.88. The minimum absolute atomic E-state index is 0.204. The Kier molecular flexibility index (Phi) is 3.06. The van der Waals surface area contributed by atoms with Crippen LogP contribution in [0.4, 0.5) is 4.79 Å². The molecule has 0 radical (unpaired) electrons. The van der Waals surface area contributed by atoms with Gasteiger partial charge in [-0.25, -0.2) is 14.8 Å². The van der Waals surface area contributed by atoms with Crippen LogP contribution < -0.4 is 0 Å². The zero-order valence-electron chi connectivity index (χ0n) is 12.7. The Morgan fingerprint density at radius 3 is 3.27 bits per heavy atom. The topological polar surface area (TPSA) is 60.2 Å². The van der Waals surface area contributed by atoms with Crippen LogP contribution in [0.15, 0.2) is 24.8 Å². The van der Waals surface area contributed by atoms with Crippen molar-refractivity contribution in [2.24, 2.45) is 5.92 Å². The van der Waals surface area contributed by atoms with Crippen LogP contribution in [0.3, 0.4) is 0 Å². The second-order valence-corrected chi connectivity index (χ2v) is 6.68. The monoisotopic (exact) mass is 300 g/mol. The van der Waals surface area contributed by atoms with E-state index in [-0.39, 0.29) is 11.7 Å². The summed E-state index contributed by atoms with van der Waals surface area (Å²) in [5, 5.41) is 0.982. The molecular weight excluding hydrogens is 280 g/mol. The van der Waals surface area contributed by atoms with E-state index in [0.717, 1.165) is 30.3 Å². The van der Waals surface area contributed by atoms with Crippen molar-refractivity contribution < 1.29 is 9.53 Å². The van der Waals surface area contributed by atoms with Gasteiger partial charge in [-0.2, -0.15) is 0 Å². The van der Waals surface area contributed by atoms with Crippen molar-refractivity contribution in [2.75, 3.05) is 6.54 Å². The summed E-state index contributed by atoms with van der Waals surface area (Å²) < 4.78 is 7.75. The molecule has 1 unspecified atom stereocenters. The predicted octanol–water partition coefficient (Wildman–Crippen LogP) is 2.79. The Morgan fingerprint density at radius 1 is 1.50 bits per heavy atom. The quantitative estimate of drug-likeness (QED) is 0.855. The minimum Gasteiger partial charge on any atom is -0.441 e. The van der Waals surface area contributed by atoms with Crippen molar-refractivity contribution in [3.05, 3.63) is 24.8 Å². The summed E-state index contributed by atoms with van der Waals surface area (Å²) in [6.45, 7) is 3.41. The highest BCUT2D eigenvalue weighted by Gasteiger charge is 2.47. The molecule has 0 bridgehead atoms. The lowest BCUT2D eigenvalue weighted by atomic mass is 9.79. The molecule has 1 aliphatic heterocycles. The van der Waals surface area contributed by atoms with Crippen LogP contribution >= 0.6 is 0 Å². The molecule has 0 aromatic carbocycles. The molecule has 2 aromatic heterocycles. The number of amides is 1. The molecular formula is C16H20N4O2. The zero-order valence-corrected chi connectivity index (χ0v) is 12.7. The molecule has 1 spiro atoms. The molecule has 2 aliphatic rings. The molecule has 116 valence electrons. The first kappa shape index (κ1) is 13.5. The van der Waals surface area contributed by atoms with E-state index in [1.54, 1.807) is 11.1 Å². The van der Waals surface area contributed by atoms with Crippen LogP contribution in [-0.4, -0.2) is 37.7 Å². The number of hydrogen-bond acceptors (Lipinski definition) is 4. The summed E-state index contributed by atoms with van der Waals surface area (Å²) in [6, 6.07) is 1.97. The van der Waals surface area contributed by atoms with E-state index in [0.29, 0.717) is 19.1 Å². The second-order valence-electron chi connectivity index (χ2n) is 6.68. The number of aromatic nitrogens is 3. The number of hydrogen-bond donors (Lipinski definition) is 0. The van der Waals surface area contributed by atoms with Crippen LogP contribution in [-0.2, 0) is 11.4 Å². The average Bonchev–Trinajstić information content (AvgIpc) is 3.02. The number of fused-ring (bicyclic) bond motifs is 1. The maximum Gasteiger partial charge on any atom is 0.411 e. The molecule has 2 aromatic rings. The molecule has 6 heteroatoms. The Hall–Kier alpha value is -2.11. The molecule has 1 saturated heterocycles. The summed E-state index contributed by atoms with van der Waals surface area (Å²) in [5.41, 5.74) is 0.577. The van der Waals surface area contributed by atoms with Gasteiger partial charge in [0, 0.05) is 17.8 Å². The number of ether oxygens (including phenoxy) is 1. The molecule has 1 saturated carbocycles. The van der Waals surface area contributed by atoms with E-state index < -0.39 is 0 Å². The van der Waals surface area contributed by atoms with Crippen LogP contribution in [0.25, 0.3) is 11.0 Å². The van der Waals surface area contributed by atoms with Gasteiger partial charge >= 0.3 is 6.09 Å². The van der Waals surface area contributed by atoms with Crippen LogP contribution in [0.5, 0.6) is 0 Å². The predicted molar refractivity (Wildman–Crippen MR) is 81.1 cm³/mol. The van der Waals surface area contributed by atoms with Crippen LogP contribution in [0.2, 0.25) is 0 Å². The van der Waals surface area contributed by atoms with Gasteiger partial charge in [-0.1, -0.05) is 13.3 Å². The van der Waals surface area contributed by atoms with Gasteiger partial charge in [0.25, 0.3) is 0 Å².